The average Bonchev–Trinajstić information content (AvgIpc) is 2.91. The van der Waals surface area contributed by atoms with Gasteiger partial charge in [-0.1, -0.05) is 12.1 Å². The Bertz CT molecular complexity index is 549. The molecule has 112 valence electrons. The predicted octanol–water partition coefficient (Wildman–Crippen LogP) is 0.763. The molecule has 1 fully saturated rings. The fourth-order valence-corrected chi connectivity index (χ4v) is 4.06. The van der Waals surface area contributed by atoms with E-state index in [-0.39, 0.29) is 17.1 Å². The number of hydrogen-bond acceptors (Lipinski definition) is 5. The molecule has 2 atom stereocenters. The van der Waals surface area contributed by atoms with Crippen LogP contribution < -0.4 is 5.32 Å². The smallest absolute Gasteiger partial charge is 0.245 e. The molecule has 1 aliphatic rings. The zero-order valence-corrected chi connectivity index (χ0v) is 12.7. The summed E-state index contributed by atoms with van der Waals surface area (Å²) in [4.78, 5) is 0.272. The van der Waals surface area contributed by atoms with Gasteiger partial charge in [-0.25, -0.2) is 8.42 Å². The summed E-state index contributed by atoms with van der Waals surface area (Å²) in [5.74, 6) is 0. The zero-order chi connectivity index (χ0) is 14.8. The van der Waals surface area contributed by atoms with E-state index >= 15 is 0 Å². The van der Waals surface area contributed by atoms with Crippen LogP contribution in [0.15, 0.2) is 29.2 Å². The second-order valence-corrected chi connectivity index (χ2v) is 6.52. The minimum Gasteiger partial charge on any atom is -0.387 e. The Morgan fingerprint density at radius 2 is 1.70 bits per heavy atom. The fraction of sp³-hybridized carbons (Fsp3) is 0.538. The number of anilines is 1. The van der Waals surface area contributed by atoms with E-state index in [2.05, 4.69) is 5.32 Å². The van der Waals surface area contributed by atoms with Gasteiger partial charge in [-0.05, 0) is 12.1 Å². The van der Waals surface area contributed by atoms with E-state index in [1.807, 2.05) is 0 Å². The molecule has 1 N–H and O–H groups in total. The Kier molecular flexibility index (Phi) is 4.64. The third kappa shape index (κ3) is 2.67. The number of nitrogens with one attached hydrogen (secondary N) is 1. The summed E-state index contributed by atoms with van der Waals surface area (Å²) in [5, 5.41) is 2.91. The van der Waals surface area contributed by atoms with Gasteiger partial charge in [0.1, 0.15) is 4.90 Å². The highest BCUT2D eigenvalue weighted by atomic mass is 32.2. The maximum absolute atomic E-state index is 12.7. The lowest BCUT2D eigenvalue weighted by atomic mass is 10.3. The van der Waals surface area contributed by atoms with Gasteiger partial charge in [0.2, 0.25) is 10.0 Å². The van der Waals surface area contributed by atoms with Gasteiger partial charge in [-0.3, -0.25) is 0 Å². The van der Waals surface area contributed by atoms with Crippen molar-refractivity contribution in [3.63, 3.8) is 0 Å². The van der Waals surface area contributed by atoms with Gasteiger partial charge in [-0.15, -0.1) is 0 Å². The van der Waals surface area contributed by atoms with E-state index in [1.54, 1.807) is 45.5 Å². The fourth-order valence-electron chi connectivity index (χ4n) is 2.40. The molecule has 0 radical (unpaired) electrons. The summed E-state index contributed by atoms with van der Waals surface area (Å²) < 4.78 is 37.4. The summed E-state index contributed by atoms with van der Waals surface area (Å²) >= 11 is 0. The number of methoxy groups -OCH3 is 2. The second-order valence-electron chi connectivity index (χ2n) is 4.62. The Balaban J connectivity index is 2.32. The van der Waals surface area contributed by atoms with Crippen molar-refractivity contribution >= 4 is 15.7 Å². The number of nitrogens with zero attached hydrogens (tertiary/aromatic N) is 1. The van der Waals surface area contributed by atoms with Crippen LogP contribution in [0, 0.1) is 0 Å². The largest absolute Gasteiger partial charge is 0.387 e. The normalized spacial score (nSPS) is 23.9. The second kappa shape index (κ2) is 6.09. The van der Waals surface area contributed by atoms with Crippen molar-refractivity contribution in [1.82, 2.24) is 4.31 Å². The van der Waals surface area contributed by atoms with Gasteiger partial charge in [0.25, 0.3) is 0 Å². The lowest BCUT2D eigenvalue weighted by Crippen LogP contribution is -2.30. The Morgan fingerprint density at radius 3 is 2.20 bits per heavy atom. The molecule has 0 spiro atoms. The quantitative estimate of drug-likeness (QED) is 0.869. The summed E-state index contributed by atoms with van der Waals surface area (Å²) in [6, 6.07) is 6.85. The van der Waals surface area contributed by atoms with E-state index in [4.69, 9.17) is 9.47 Å². The topological polar surface area (TPSA) is 67.9 Å². The van der Waals surface area contributed by atoms with Crippen molar-refractivity contribution < 1.29 is 17.9 Å². The Morgan fingerprint density at radius 1 is 1.15 bits per heavy atom. The van der Waals surface area contributed by atoms with Gasteiger partial charge in [0.05, 0.1) is 17.9 Å². The van der Waals surface area contributed by atoms with Crippen LogP contribution in [0.2, 0.25) is 0 Å². The first-order valence-corrected chi connectivity index (χ1v) is 7.81. The van der Waals surface area contributed by atoms with Crippen molar-refractivity contribution in [3.05, 3.63) is 24.3 Å². The number of para-hydroxylation sites is 1. The molecule has 1 heterocycles. The summed E-state index contributed by atoms with van der Waals surface area (Å²) in [7, 11) is 1.27. The van der Waals surface area contributed by atoms with Crippen molar-refractivity contribution in [1.29, 1.82) is 0 Å². The predicted molar refractivity (Wildman–Crippen MR) is 76.3 cm³/mol. The highest BCUT2D eigenvalue weighted by Crippen LogP contribution is 2.28. The van der Waals surface area contributed by atoms with E-state index in [9.17, 15) is 8.42 Å². The van der Waals surface area contributed by atoms with Gasteiger partial charge in [-0.2, -0.15) is 4.31 Å². The molecule has 0 bridgehead atoms. The summed E-state index contributed by atoms with van der Waals surface area (Å²) in [5.41, 5.74) is 0.585. The summed E-state index contributed by atoms with van der Waals surface area (Å²) in [6.07, 6.45) is -0.479. The Labute approximate surface area is 119 Å². The molecule has 7 heteroatoms. The van der Waals surface area contributed by atoms with E-state index in [0.29, 0.717) is 18.8 Å². The highest BCUT2D eigenvalue weighted by molar-refractivity contribution is 7.89. The first-order valence-electron chi connectivity index (χ1n) is 6.37. The van der Waals surface area contributed by atoms with Crippen molar-refractivity contribution in [2.45, 2.75) is 17.1 Å². The molecular weight excluding hydrogens is 280 g/mol. The van der Waals surface area contributed by atoms with Gasteiger partial charge >= 0.3 is 0 Å². The van der Waals surface area contributed by atoms with Crippen LogP contribution >= 0.6 is 0 Å². The molecule has 0 aromatic heterocycles. The van der Waals surface area contributed by atoms with E-state index < -0.39 is 10.0 Å². The highest BCUT2D eigenvalue weighted by Gasteiger charge is 2.40. The van der Waals surface area contributed by atoms with Gasteiger partial charge < -0.3 is 14.8 Å². The van der Waals surface area contributed by atoms with Gasteiger partial charge in [0.15, 0.2) is 0 Å². The molecule has 6 nitrogen and oxygen atoms in total. The first kappa shape index (κ1) is 15.2. The minimum absolute atomic E-state index is 0.239. The van der Waals surface area contributed by atoms with Crippen molar-refractivity contribution in [3.8, 4) is 0 Å². The molecule has 0 saturated carbocycles. The number of hydrogen-bond donors (Lipinski definition) is 1. The van der Waals surface area contributed by atoms with Crippen LogP contribution in [-0.4, -0.2) is 59.3 Å². The monoisotopic (exact) mass is 300 g/mol. The Hall–Kier alpha value is -1.15. The third-order valence-corrected chi connectivity index (χ3v) is 5.45. The molecule has 2 unspecified atom stereocenters. The maximum atomic E-state index is 12.7. The molecule has 2 rings (SSSR count). The van der Waals surface area contributed by atoms with Crippen LogP contribution in [0.5, 0.6) is 0 Å². The molecule has 0 aliphatic carbocycles. The standard InChI is InChI=1S/C13H20N2O4S/c1-14-10-6-4-5-7-13(10)20(16,17)15-8-11(18-2)12(9-15)19-3/h4-7,11-12,14H,8-9H2,1-3H3. The van der Waals surface area contributed by atoms with E-state index in [1.165, 1.54) is 4.31 Å². The number of benzene rings is 1. The van der Waals surface area contributed by atoms with Crippen LogP contribution in [0.25, 0.3) is 0 Å². The molecule has 1 aromatic carbocycles. The average molecular weight is 300 g/mol. The molecule has 0 amide bonds. The van der Waals surface area contributed by atoms with Crippen LogP contribution in [0.4, 0.5) is 5.69 Å². The number of ether oxygens (including phenoxy) is 2. The zero-order valence-electron chi connectivity index (χ0n) is 11.9. The minimum atomic E-state index is -3.56. The summed E-state index contributed by atoms with van der Waals surface area (Å²) in [6.45, 7) is 0.602. The van der Waals surface area contributed by atoms with Crippen LogP contribution in [-0.2, 0) is 19.5 Å². The van der Waals surface area contributed by atoms with Crippen LogP contribution in [0.3, 0.4) is 0 Å². The number of sulfonamides is 1. The lowest BCUT2D eigenvalue weighted by molar-refractivity contribution is -0.00461. The molecule has 20 heavy (non-hydrogen) atoms. The molecular formula is C13H20N2O4S. The first-order chi connectivity index (χ1) is 9.54. The van der Waals surface area contributed by atoms with Crippen molar-refractivity contribution in [2.75, 3.05) is 39.7 Å². The number of rotatable bonds is 5. The maximum Gasteiger partial charge on any atom is 0.245 e. The van der Waals surface area contributed by atoms with Crippen LogP contribution in [0.1, 0.15) is 0 Å². The van der Waals surface area contributed by atoms with Crippen molar-refractivity contribution in [2.24, 2.45) is 0 Å². The van der Waals surface area contributed by atoms with E-state index in [0.717, 1.165) is 0 Å². The molecule has 1 saturated heterocycles. The SMILES string of the molecule is CNc1ccccc1S(=O)(=O)N1CC(OC)C(OC)C1. The van der Waals surface area contributed by atoms with Gasteiger partial charge in [0, 0.05) is 34.4 Å². The lowest BCUT2D eigenvalue weighted by Gasteiger charge is -2.18. The third-order valence-electron chi connectivity index (χ3n) is 3.56. The molecule has 1 aliphatic heterocycles. The molecule has 1 aromatic rings.